The van der Waals surface area contributed by atoms with Crippen LogP contribution in [0.15, 0.2) is 29.3 Å². The molecule has 2 aliphatic rings. The van der Waals surface area contributed by atoms with Gasteiger partial charge in [-0.1, -0.05) is 12.1 Å². The third-order valence-electron chi connectivity index (χ3n) is 5.17. The van der Waals surface area contributed by atoms with E-state index in [4.69, 9.17) is 9.73 Å². The smallest absolute Gasteiger partial charge is 0.387 e. The third-order valence-corrected chi connectivity index (χ3v) is 5.17. The molecule has 2 heterocycles. The van der Waals surface area contributed by atoms with Gasteiger partial charge in [-0.05, 0) is 44.0 Å². The number of hydrogen-bond donors (Lipinski definition) is 1. The fourth-order valence-electron chi connectivity index (χ4n) is 3.78. The van der Waals surface area contributed by atoms with E-state index in [-0.39, 0.29) is 11.9 Å². The first-order chi connectivity index (χ1) is 13.5. The number of alkyl halides is 2. The summed E-state index contributed by atoms with van der Waals surface area (Å²) in [4.78, 5) is 9.30. The molecule has 1 N–H and O–H groups in total. The Morgan fingerprint density at radius 2 is 2.18 bits per heavy atom. The molecular formula is C20H30F2N4O2. The minimum Gasteiger partial charge on any atom is -0.435 e. The average molecular weight is 396 g/mol. The minimum atomic E-state index is -2.81. The van der Waals surface area contributed by atoms with Gasteiger partial charge in [0, 0.05) is 32.7 Å². The highest BCUT2D eigenvalue weighted by molar-refractivity contribution is 5.79. The first kappa shape index (κ1) is 20.8. The predicted octanol–water partition coefficient (Wildman–Crippen LogP) is 2.55. The summed E-state index contributed by atoms with van der Waals surface area (Å²) in [6.07, 6.45) is 2.63. The topological polar surface area (TPSA) is 49.3 Å². The monoisotopic (exact) mass is 396 g/mol. The number of nitrogens with one attached hydrogen (secondary N) is 1. The number of morpholine rings is 1. The number of guanidine groups is 1. The molecule has 2 fully saturated rings. The van der Waals surface area contributed by atoms with Crippen molar-refractivity contribution in [1.29, 1.82) is 0 Å². The molecule has 0 saturated carbocycles. The normalized spacial score (nSPS) is 23.0. The van der Waals surface area contributed by atoms with Gasteiger partial charge in [0.15, 0.2) is 5.96 Å². The summed E-state index contributed by atoms with van der Waals surface area (Å²) in [5.74, 6) is 0.971. The summed E-state index contributed by atoms with van der Waals surface area (Å²) < 4.78 is 34.9. The largest absolute Gasteiger partial charge is 0.435 e. The molecule has 2 atom stereocenters. The van der Waals surface area contributed by atoms with Crippen molar-refractivity contribution in [3.63, 3.8) is 0 Å². The molecular weight excluding hydrogens is 366 g/mol. The first-order valence-corrected chi connectivity index (χ1v) is 9.94. The maximum Gasteiger partial charge on any atom is 0.387 e. The number of benzene rings is 1. The molecule has 1 aromatic carbocycles. The summed E-state index contributed by atoms with van der Waals surface area (Å²) in [5.41, 5.74) is 0.989. The number of fused-ring (bicyclic) bond motifs is 1. The number of rotatable bonds is 7. The van der Waals surface area contributed by atoms with Crippen LogP contribution < -0.4 is 10.1 Å². The van der Waals surface area contributed by atoms with E-state index >= 15 is 0 Å². The van der Waals surface area contributed by atoms with Gasteiger partial charge in [0.2, 0.25) is 0 Å². The van der Waals surface area contributed by atoms with Crippen LogP contribution in [0.3, 0.4) is 0 Å². The summed E-state index contributed by atoms with van der Waals surface area (Å²) in [6.45, 7) is 4.15. The first-order valence-electron chi connectivity index (χ1n) is 9.94. The molecule has 0 amide bonds. The number of ether oxygens (including phenoxy) is 2. The van der Waals surface area contributed by atoms with E-state index in [1.807, 2.05) is 18.9 Å². The van der Waals surface area contributed by atoms with E-state index in [1.54, 1.807) is 24.3 Å². The van der Waals surface area contributed by atoms with Gasteiger partial charge in [0.1, 0.15) is 5.75 Å². The van der Waals surface area contributed by atoms with Crippen LogP contribution in [-0.2, 0) is 11.3 Å². The highest BCUT2D eigenvalue weighted by Crippen LogP contribution is 2.22. The van der Waals surface area contributed by atoms with Crippen LogP contribution >= 0.6 is 0 Å². The SMILES string of the molecule is CCNC(=NCC1CN2CCCC2CO1)N(C)Cc1ccc(OC(F)F)cc1. The van der Waals surface area contributed by atoms with Crippen molar-refractivity contribution in [3.8, 4) is 5.75 Å². The quantitative estimate of drug-likeness (QED) is 0.567. The van der Waals surface area contributed by atoms with Gasteiger partial charge in [-0.3, -0.25) is 9.89 Å². The Kier molecular flexibility index (Phi) is 7.44. The van der Waals surface area contributed by atoms with E-state index in [0.717, 1.165) is 31.2 Å². The molecule has 156 valence electrons. The molecule has 6 nitrogen and oxygen atoms in total. The molecule has 0 bridgehead atoms. The summed E-state index contributed by atoms with van der Waals surface area (Å²) in [5, 5.41) is 3.31. The number of aliphatic imine (C=N–C) groups is 1. The lowest BCUT2D eigenvalue weighted by Crippen LogP contribution is -2.47. The molecule has 2 saturated heterocycles. The molecule has 0 radical (unpaired) electrons. The highest BCUT2D eigenvalue weighted by atomic mass is 19.3. The highest BCUT2D eigenvalue weighted by Gasteiger charge is 2.32. The number of halogens is 2. The molecule has 0 aromatic heterocycles. The fraction of sp³-hybridized carbons (Fsp3) is 0.650. The standard InChI is InChI=1S/C20H30F2N4O2/c1-3-23-20(24-11-18-13-26-10-4-5-16(26)14-27-18)25(2)12-15-6-8-17(9-7-15)28-19(21)22/h6-9,16,18-19H,3-5,10-14H2,1-2H3,(H,23,24). The van der Waals surface area contributed by atoms with E-state index in [2.05, 4.69) is 15.0 Å². The zero-order valence-electron chi connectivity index (χ0n) is 16.6. The lowest BCUT2D eigenvalue weighted by Gasteiger charge is -2.34. The fourth-order valence-corrected chi connectivity index (χ4v) is 3.78. The van der Waals surface area contributed by atoms with Gasteiger partial charge in [-0.15, -0.1) is 0 Å². The molecule has 1 aromatic rings. The Hall–Kier alpha value is -1.93. The van der Waals surface area contributed by atoms with Crippen molar-refractivity contribution in [1.82, 2.24) is 15.1 Å². The zero-order chi connectivity index (χ0) is 19.9. The number of nitrogens with zero attached hydrogens (tertiary/aromatic N) is 3. The number of hydrogen-bond acceptors (Lipinski definition) is 4. The predicted molar refractivity (Wildman–Crippen MR) is 105 cm³/mol. The van der Waals surface area contributed by atoms with Gasteiger partial charge < -0.3 is 19.7 Å². The Morgan fingerprint density at radius 1 is 1.39 bits per heavy atom. The Balaban J connectivity index is 1.55. The molecule has 28 heavy (non-hydrogen) atoms. The van der Waals surface area contributed by atoms with Gasteiger partial charge in [0.05, 0.1) is 19.3 Å². The second-order valence-electron chi connectivity index (χ2n) is 7.32. The van der Waals surface area contributed by atoms with Gasteiger partial charge in [-0.25, -0.2) is 0 Å². The van der Waals surface area contributed by atoms with Crippen LogP contribution in [0.1, 0.15) is 25.3 Å². The van der Waals surface area contributed by atoms with Crippen LogP contribution in [-0.4, -0.2) is 74.4 Å². The van der Waals surface area contributed by atoms with Crippen molar-refractivity contribution >= 4 is 5.96 Å². The second kappa shape index (κ2) is 10.0. The summed E-state index contributed by atoms with van der Waals surface area (Å²) >= 11 is 0. The molecule has 2 unspecified atom stereocenters. The Labute approximate surface area is 165 Å². The van der Waals surface area contributed by atoms with Crippen LogP contribution in [0.2, 0.25) is 0 Å². The minimum absolute atomic E-state index is 0.127. The molecule has 0 spiro atoms. The van der Waals surface area contributed by atoms with Crippen molar-refractivity contribution in [2.75, 3.05) is 39.8 Å². The molecule has 3 rings (SSSR count). The van der Waals surface area contributed by atoms with Gasteiger partial charge in [-0.2, -0.15) is 8.78 Å². The van der Waals surface area contributed by atoms with E-state index in [1.165, 1.54) is 19.4 Å². The summed E-state index contributed by atoms with van der Waals surface area (Å²) in [7, 11) is 1.96. The van der Waals surface area contributed by atoms with Crippen molar-refractivity contribution in [2.24, 2.45) is 4.99 Å². The molecule has 2 aliphatic heterocycles. The Morgan fingerprint density at radius 3 is 2.89 bits per heavy atom. The lowest BCUT2D eigenvalue weighted by molar-refractivity contribution is -0.0498. The average Bonchev–Trinajstić information content (AvgIpc) is 3.14. The lowest BCUT2D eigenvalue weighted by atomic mass is 10.2. The van der Waals surface area contributed by atoms with Crippen LogP contribution in [0.5, 0.6) is 5.75 Å². The zero-order valence-corrected chi connectivity index (χ0v) is 16.6. The van der Waals surface area contributed by atoms with E-state index < -0.39 is 6.61 Å². The maximum absolute atomic E-state index is 12.3. The van der Waals surface area contributed by atoms with Crippen molar-refractivity contribution in [2.45, 2.75) is 45.1 Å². The third kappa shape index (κ3) is 5.78. The van der Waals surface area contributed by atoms with Crippen LogP contribution in [0.4, 0.5) is 8.78 Å². The van der Waals surface area contributed by atoms with Crippen molar-refractivity contribution in [3.05, 3.63) is 29.8 Å². The van der Waals surface area contributed by atoms with Crippen LogP contribution in [0.25, 0.3) is 0 Å². The van der Waals surface area contributed by atoms with Crippen molar-refractivity contribution < 1.29 is 18.3 Å². The van der Waals surface area contributed by atoms with Gasteiger partial charge >= 0.3 is 6.61 Å². The Bertz CT molecular complexity index is 642. The van der Waals surface area contributed by atoms with Gasteiger partial charge in [0.25, 0.3) is 0 Å². The van der Waals surface area contributed by atoms with E-state index in [0.29, 0.717) is 19.1 Å². The maximum atomic E-state index is 12.3. The molecule has 0 aliphatic carbocycles. The molecule has 8 heteroatoms. The summed E-state index contributed by atoms with van der Waals surface area (Å²) in [6, 6.07) is 7.28. The van der Waals surface area contributed by atoms with Crippen LogP contribution in [0, 0.1) is 0 Å². The second-order valence-corrected chi connectivity index (χ2v) is 7.32. The van der Waals surface area contributed by atoms with E-state index in [9.17, 15) is 8.78 Å².